The minimum absolute atomic E-state index is 0.831. The molecule has 1 aliphatic rings. The molecule has 13 aromatic carbocycles. The second-order valence-corrected chi connectivity index (χ2v) is 22.3. The van der Waals surface area contributed by atoms with Gasteiger partial charge >= 0.3 is 0 Å². The molecule has 0 saturated heterocycles. The van der Waals surface area contributed by atoms with Crippen LogP contribution in [0.2, 0.25) is 0 Å². The maximum atomic E-state index is 6.97. The summed E-state index contributed by atoms with van der Waals surface area (Å²) >= 11 is 0. The number of aromatic nitrogens is 4. The maximum absolute atomic E-state index is 6.97. The van der Waals surface area contributed by atoms with Gasteiger partial charge in [0, 0.05) is 32.3 Å². The van der Waals surface area contributed by atoms with E-state index in [0.29, 0.717) is 0 Å². The van der Waals surface area contributed by atoms with Crippen LogP contribution in [0.3, 0.4) is 0 Å². The largest absolute Gasteiger partial charge is 0.454 e. The van der Waals surface area contributed by atoms with Gasteiger partial charge in [0.05, 0.1) is 22.1 Å². The molecule has 0 bridgehead atoms. The minimum Gasteiger partial charge on any atom is -0.454 e. The summed E-state index contributed by atoms with van der Waals surface area (Å²) in [6.07, 6.45) is 0. The Bertz CT molecular complexity index is 6110. The SMILES string of the molecule is c1ccc2c(c1)-c1cccc3c(-c4ccc5oc6c7ccccc7c7nc8ccccc8n7c6c5c4)c(-c4ccc5c(c4)nc4c6ccccc6c6oc7ccc(-c8ccc9c%10ccccc%10c%10ccccc%10c9c8)cc7c6n54)cc-2c13. The molecular formula is C76H40N4O2. The Morgan fingerprint density at radius 1 is 0.268 bits per heavy atom. The Hall–Kier alpha value is -11.1. The summed E-state index contributed by atoms with van der Waals surface area (Å²) in [5, 5.41) is 16.3. The smallest absolute Gasteiger partial charge is 0.160 e. The van der Waals surface area contributed by atoms with E-state index >= 15 is 0 Å². The van der Waals surface area contributed by atoms with Gasteiger partial charge in [-0.05, 0) is 159 Å². The number of para-hydroxylation sites is 2. The summed E-state index contributed by atoms with van der Waals surface area (Å²) in [5.41, 5.74) is 22.9. The number of benzene rings is 13. The van der Waals surface area contributed by atoms with Crippen LogP contribution in [0.1, 0.15) is 0 Å². The van der Waals surface area contributed by atoms with Crippen molar-refractivity contribution in [1.82, 2.24) is 18.8 Å². The van der Waals surface area contributed by atoms with Gasteiger partial charge in [0.25, 0.3) is 0 Å². The van der Waals surface area contributed by atoms with Crippen molar-refractivity contribution in [1.29, 1.82) is 0 Å². The first-order valence-corrected chi connectivity index (χ1v) is 28.0. The molecule has 0 fully saturated rings. The Morgan fingerprint density at radius 2 is 0.732 bits per heavy atom. The molecule has 0 radical (unpaired) electrons. The number of imidazole rings is 2. The molecule has 0 unspecified atom stereocenters. The first-order valence-electron chi connectivity index (χ1n) is 28.0. The molecule has 19 aromatic rings. The zero-order valence-corrected chi connectivity index (χ0v) is 43.7. The van der Waals surface area contributed by atoms with E-state index in [4.69, 9.17) is 18.8 Å². The Labute approximate surface area is 465 Å². The first-order chi connectivity index (χ1) is 40.7. The lowest BCUT2D eigenvalue weighted by molar-refractivity contribution is 0.671. The van der Waals surface area contributed by atoms with E-state index in [0.717, 1.165) is 132 Å². The molecule has 0 spiro atoms. The van der Waals surface area contributed by atoms with E-state index in [-0.39, 0.29) is 0 Å². The second-order valence-electron chi connectivity index (χ2n) is 22.3. The van der Waals surface area contributed by atoms with E-state index in [1.807, 2.05) is 0 Å². The molecule has 376 valence electrons. The normalized spacial score (nSPS) is 12.6. The highest BCUT2D eigenvalue weighted by Crippen LogP contribution is 2.53. The van der Waals surface area contributed by atoms with Crippen LogP contribution in [-0.4, -0.2) is 18.8 Å². The van der Waals surface area contributed by atoms with Crippen LogP contribution < -0.4 is 0 Å². The Morgan fingerprint density at radius 3 is 1.40 bits per heavy atom. The van der Waals surface area contributed by atoms with Crippen LogP contribution >= 0.6 is 0 Å². The van der Waals surface area contributed by atoms with Crippen LogP contribution in [0, 0.1) is 0 Å². The average molecular weight is 1040 g/mol. The molecule has 0 N–H and O–H groups in total. The fourth-order valence-electron chi connectivity index (χ4n) is 14.7. The van der Waals surface area contributed by atoms with Crippen molar-refractivity contribution in [3.63, 3.8) is 0 Å². The molecular weight excluding hydrogens is 1000 g/mol. The highest BCUT2D eigenvalue weighted by Gasteiger charge is 2.28. The van der Waals surface area contributed by atoms with E-state index in [1.165, 1.54) is 65.3 Å². The summed E-state index contributed by atoms with van der Waals surface area (Å²) in [6, 6.07) is 88.4. The van der Waals surface area contributed by atoms with Gasteiger partial charge in [-0.15, -0.1) is 0 Å². The van der Waals surface area contributed by atoms with Crippen LogP contribution in [-0.2, 0) is 0 Å². The maximum Gasteiger partial charge on any atom is 0.160 e. The third-order valence-corrected chi connectivity index (χ3v) is 18.2. The molecule has 6 aromatic heterocycles. The predicted octanol–water partition coefficient (Wildman–Crippen LogP) is 20.7. The number of pyridine rings is 2. The van der Waals surface area contributed by atoms with Gasteiger partial charge in [-0.1, -0.05) is 182 Å². The van der Waals surface area contributed by atoms with Crippen molar-refractivity contribution in [2.45, 2.75) is 0 Å². The topological polar surface area (TPSA) is 60.9 Å². The van der Waals surface area contributed by atoms with Crippen LogP contribution in [0.25, 0.3) is 198 Å². The van der Waals surface area contributed by atoms with Gasteiger partial charge in [-0.25, -0.2) is 9.97 Å². The standard InChI is InChI=1S/C76H40N4O2/c1-2-16-47-45(14-1)46-15-3-5-18-49(46)59-36-41(28-32-51(47)59)42-30-34-67-61(37-42)71-73(81-67)54-21-8-10-23-56(54)76-78-64-39-43(29-33-66(64)80(71)76)58-40-60-50-19-6-4-17-48(50)52-24-13-25-57(70(52)60)69(58)44-31-35-68-62(38-44)72-74(82-68)53-20-7-9-22-55(53)75-77-63-26-11-12-27-65(63)79(72)75/h1-40H. The zero-order valence-electron chi connectivity index (χ0n) is 43.7. The van der Waals surface area contributed by atoms with Crippen molar-refractivity contribution >= 4 is 142 Å². The number of nitrogens with zero attached hydrogens (tertiary/aromatic N) is 4. The second kappa shape index (κ2) is 15.4. The molecule has 6 heteroatoms. The van der Waals surface area contributed by atoms with Crippen molar-refractivity contribution in [3.8, 4) is 55.6 Å². The van der Waals surface area contributed by atoms with Crippen molar-refractivity contribution < 1.29 is 8.83 Å². The molecule has 6 nitrogen and oxygen atoms in total. The highest BCUT2D eigenvalue weighted by molar-refractivity contribution is 6.27. The third kappa shape index (κ3) is 5.48. The zero-order chi connectivity index (χ0) is 53.1. The van der Waals surface area contributed by atoms with Gasteiger partial charge in [0.1, 0.15) is 33.5 Å². The number of rotatable bonds is 3. The third-order valence-electron chi connectivity index (χ3n) is 18.2. The van der Waals surface area contributed by atoms with E-state index in [1.54, 1.807) is 0 Å². The summed E-state index contributed by atoms with van der Waals surface area (Å²) < 4.78 is 18.6. The van der Waals surface area contributed by atoms with Gasteiger partial charge in [0.15, 0.2) is 11.2 Å². The van der Waals surface area contributed by atoms with Crippen LogP contribution in [0.5, 0.6) is 0 Å². The van der Waals surface area contributed by atoms with Crippen LogP contribution in [0.15, 0.2) is 251 Å². The lowest BCUT2D eigenvalue weighted by atomic mass is 9.86. The first kappa shape index (κ1) is 42.9. The van der Waals surface area contributed by atoms with Gasteiger partial charge < -0.3 is 8.83 Å². The van der Waals surface area contributed by atoms with Gasteiger partial charge in [-0.3, -0.25) is 8.80 Å². The molecule has 0 atom stereocenters. The van der Waals surface area contributed by atoms with Crippen molar-refractivity contribution in [2.24, 2.45) is 0 Å². The molecule has 0 saturated carbocycles. The molecule has 1 aliphatic carbocycles. The summed E-state index contributed by atoms with van der Waals surface area (Å²) in [6.45, 7) is 0. The lowest BCUT2D eigenvalue weighted by Crippen LogP contribution is -1.92. The quantitative estimate of drug-likeness (QED) is 0.165. The van der Waals surface area contributed by atoms with E-state index in [2.05, 4.69) is 251 Å². The fraction of sp³-hybridized carbons (Fsp3) is 0. The Kier molecular flexibility index (Phi) is 8.05. The number of hydrogen-bond acceptors (Lipinski definition) is 4. The molecule has 20 rings (SSSR count). The predicted molar refractivity (Wildman–Crippen MR) is 339 cm³/mol. The molecule has 82 heavy (non-hydrogen) atoms. The minimum atomic E-state index is 0.831. The summed E-state index contributed by atoms with van der Waals surface area (Å²) in [7, 11) is 0. The monoisotopic (exact) mass is 1040 g/mol. The average Bonchev–Trinajstić information content (AvgIpc) is 2.16. The van der Waals surface area contributed by atoms with E-state index in [9.17, 15) is 0 Å². The number of hydrogen-bond donors (Lipinski definition) is 0. The Balaban J connectivity index is 0.832. The van der Waals surface area contributed by atoms with Crippen molar-refractivity contribution in [2.75, 3.05) is 0 Å². The van der Waals surface area contributed by atoms with Gasteiger partial charge in [0.2, 0.25) is 0 Å². The van der Waals surface area contributed by atoms with Crippen LogP contribution in [0.4, 0.5) is 0 Å². The molecule has 0 aliphatic heterocycles. The molecule has 0 amide bonds. The summed E-state index contributed by atoms with van der Waals surface area (Å²) in [5.74, 6) is 0. The van der Waals surface area contributed by atoms with Gasteiger partial charge in [-0.2, -0.15) is 0 Å². The highest BCUT2D eigenvalue weighted by atomic mass is 16.3. The molecule has 6 heterocycles. The summed E-state index contributed by atoms with van der Waals surface area (Å²) in [4.78, 5) is 10.9. The number of furan rings is 2. The fourth-order valence-corrected chi connectivity index (χ4v) is 14.7. The lowest BCUT2D eigenvalue weighted by Gasteiger charge is -2.17. The van der Waals surface area contributed by atoms with E-state index < -0.39 is 0 Å². The number of fused-ring (bicyclic) bond motifs is 29. The van der Waals surface area contributed by atoms with Crippen molar-refractivity contribution in [3.05, 3.63) is 243 Å².